The van der Waals surface area contributed by atoms with E-state index in [-0.39, 0.29) is 6.10 Å². The van der Waals surface area contributed by atoms with Gasteiger partial charge >= 0.3 is 5.63 Å². The molecule has 1 aliphatic heterocycles. The molecule has 0 saturated carbocycles. The Morgan fingerprint density at radius 1 is 1.35 bits per heavy atom. The number of methoxy groups -OCH3 is 1. The maximum Gasteiger partial charge on any atom is 0.339 e. The molecule has 1 atom stereocenters. The highest BCUT2D eigenvalue weighted by atomic mass is 16.5. The minimum Gasteiger partial charge on any atom is -0.496 e. The number of fused-ring (bicyclic) bond motifs is 2. The molecule has 2 heterocycles. The lowest BCUT2D eigenvalue weighted by Crippen LogP contribution is -2.39. The van der Waals surface area contributed by atoms with E-state index in [2.05, 4.69) is 0 Å². The molecule has 3 rings (SSSR count). The number of hydrogen-bond acceptors (Lipinski definition) is 5. The molecule has 0 radical (unpaired) electrons. The predicted molar refractivity (Wildman–Crippen MR) is 73.5 cm³/mol. The van der Waals surface area contributed by atoms with Gasteiger partial charge in [0, 0.05) is 12.5 Å². The molecule has 2 aromatic rings. The largest absolute Gasteiger partial charge is 0.496 e. The molecule has 0 fully saturated rings. The normalized spacial score (nSPS) is 17.9. The van der Waals surface area contributed by atoms with Crippen LogP contribution in [0.15, 0.2) is 27.4 Å². The van der Waals surface area contributed by atoms with Gasteiger partial charge in [-0.15, -0.1) is 0 Å². The summed E-state index contributed by atoms with van der Waals surface area (Å²) in [6.45, 7) is 3.42. The number of benzene rings is 1. The summed E-state index contributed by atoms with van der Waals surface area (Å²) in [4.78, 5) is 11.5. The summed E-state index contributed by atoms with van der Waals surface area (Å²) in [6.07, 6.45) is 0.295. The Morgan fingerprint density at radius 2 is 2.10 bits per heavy atom. The summed E-state index contributed by atoms with van der Waals surface area (Å²) in [5, 5.41) is 10.8. The monoisotopic (exact) mass is 276 g/mol. The molecule has 0 amide bonds. The van der Waals surface area contributed by atoms with Crippen LogP contribution in [-0.4, -0.2) is 23.9 Å². The average molecular weight is 276 g/mol. The van der Waals surface area contributed by atoms with Gasteiger partial charge in [0.2, 0.25) is 0 Å². The highest BCUT2D eigenvalue weighted by Gasteiger charge is 2.35. The van der Waals surface area contributed by atoms with E-state index < -0.39 is 11.2 Å². The van der Waals surface area contributed by atoms with E-state index >= 15 is 0 Å². The molecule has 0 saturated heterocycles. The minimum absolute atomic E-state index is 0.313. The molecule has 0 bridgehead atoms. The summed E-state index contributed by atoms with van der Waals surface area (Å²) in [7, 11) is 1.51. The Hall–Kier alpha value is -2.01. The van der Waals surface area contributed by atoms with Gasteiger partial charge in [0.1, 0.15) is 23.2 Å². The van der Waals surface area contributed by atoms with Gasteiger partial charge in [-0.05, 0) is 25.5 Å². The van der Waals surface area contributed by atoms with E-state index in [4.69, 9.17) is 13.9 Å². The second-order valence-corrected chi connectivity index (χ2v) is 5.55. The van der Waals surface area contributed by atoms with Crippen LogP contribution in [0.25, 0.3) is 11.0 Å². The summed E-state index contributed by atoms with van der Waals surface area (Å²) >= 11 is 0. The molecular formula is C15H16O5. The first-order valence-corrected chi connectivity index (χ1v) is 6.42. The van der Waals surface area contributed by atoms with Gasteiger partial charge < -0.3 is 19.0 Å². The minimum atomic E-state index is -0.934. The van der Waals surface area contributed by atoms with E-state index in [0.29, 0.717) is 23.5 Å². The number of ether oxygens (including phenoxy) is 2. The smallest absolute Gasteiger partial charge is 0.339 e. The molecule has 1 aromatic heterocycles. The lowest BCUT2D eigenvalue weighted by atomic mass is 9.97. The molecule has 20 heavy (non-hydrogen) atoms. The highest BCUT2D eigenvalue weighted by molar-refractivity contribution is 5.85. The van der Waals surface area contributed by atoms with Crippen molar-refractivity contribution in [1.29, 1.82) is 0 Å². The maximum absolute atomic E-state index is 11.5. The molecule has 5 heteroatoms. The summed E-state index contributed by atoms with van der Waals surface area (Å²) in [5.41, 5.74) is -0.0107. The van der Waals surface area contributed by atoms with Crippen LogP contribution in [0.2, 0.25) is 0 Å². The molecule has 0 aliphatic carbocycles. The lowest BCUT2D eigenvalue weighted by Gasteiger charge is -2.24. The zero-order valence-electron chi connectivity index (χ0n) is 11.6. The molecule has 0 spiro atoms. The fraction of sp³-hybridized carbons (Fsp3) is 0.400. The van der Waals surface area contributed by atoms with Crippen molar-refractivity contribution in [1.82, 2.24) is 0 Å². The lowest BCUT2D eigenvalue weighted by molar-refractivity contribution is -0.0229. The van der Waals surface area contributed by atoms with E-state index in [1.807, 2.05) is 6.07 Å². The van der Waals surface area contributed by atoms with Crippen molar-refractivity contribution in [3.05, 3.63) is 34.2 Å². The van der Waals surface area contributed by atoms with Crippen LogP contribution in [0.1, 0.15) is 19.4 Å². The zero-order valence-corrected chi connectivity index (χ0v) is 11.6. The first kappa shape index (κ1) is 13.0. The van der Waals surface area contributed by atoms with Crippen LogP contribution in [0.3, 0.4) is 0 Å². The van der Waals surface area contributed by atoms with Crippen LogP contribution in [-0.2, 0) is 6.42 Å². The Labute approximate surface area is 115 Å². The SMILES string of the molecule is COc1cc(=O)oc2cc3c(cc12)C[C@@H](C(C)(C)O)O3. The van der Waals surface area contributed by atoms with Crippen molar-refractivity contribution in [2.75, 3.05) is 7.11 Å². The average Bonchev–Trinajstić information content (AvgIpc) is 2.77. The van der Waals surface area contributed by atoms with Crippen molar-refractivity contribution >= 4 is 11.0 Å². The Bertz CT molecular complexity index is 723. The van der Waals surface area contributed by atoms with Gasteiger partial charge in [0.05, 0.1) is 24.2 Å². The highest BCUT2D eigenvalue weighted by Crippen LogP contribution is 2.38. The molecule has 1 aliphatic rings. The summed E-state index contributed by atoms with van der Waals surface area (Å²) < 4.78 is 16.1. The van der Waals surface area contributed by atoms with Crippen molar-refractivity contribution in [2.45, 2.75) is 32.0 Å². The molecule has 5 nitrogen and oxygen atoms in total. The first-order chi connectivity index (χ1) is 9.38. The Morgan fingerprint density at radius 3 is 2.75 bits per heavy atom. The van der Waals surface area contributed by atoms with E-state index in [1.54, 1.807) is 19.9 Å². The third-order valence-electron chi connectivity index (χ3n) is 3.57. The van der Waals surface area contributed by atoms with Gasteiger partial charge in [-0.25, -0.2) is 4.79 Å². The fourth-order valence-corrected chi connectivity index (χ4v) is 2.43. The maximum atomic E-state index is 11.5. The van der Waals surface area contributed by atoms with Crippen molar-refractivity contribution in [3.63, 3.8) is 0 Å². The second-order valence-electron chi connectivity index (χ2n) is 5.55. The third kappa shape index (κ3) is 2.04. The number of aliphatic hydroxyl groups is 1. The standard InChI is InChI=1S/C15H16O5/c1-15(2,17)13-5-8-4-9-11(18-3)7-14(16)20-12(9)6-10(8)19-13/h4,6-7,13,17H,5H2,1-3H3/t13-/m0/s1. The van der Waals surface area contributed by atoms with Gasteiger partial charge in [-0.1, -0.05) is 0 Å². The zero-order chi connectivity index (χ0) is 14.5. The van der Waals surface area contributed by atoms with Gasteiger partial charge in [-0.2, -0.15) is 0 Å². The van der Waals surface area contributed by atoms with E-state index in [9.17, 15) is 9.90 Å². The molecule has 1 aromatic carbocycles. The molecular weight excluding hydrogens is 260 g/mol. The number of rotatable bonds is 2. The van der Waals surface area contributed by atoms with Crippen molar-refractivity contribution < 1.29 is 19.0 Å². The predicted octanol–water partition coefficient (Wildman–Crippen LogP) is 1.88. The third-order valence-corrected chi connectivity index (χ3v) is 3.57. The second kappa shape index (κ2) is 4.24. The van der Waals surface area contributed by atoms with Crippen LogP contribution < -0.4 is 15.1 Å². The molecule has 106 valence electrons. The van der Waals surface area contributed by atoms with Crippen LogP contribution in [0.4, 0.5) is 0 Å². The van der Waals surface area contributed by atoms with Gasteiger partial charge in [0.15, 0.2) is 0 Å². The Balaban J connectivity index is 2.15. The fourth-order valence-electron chi connectivity index (χ4n) is 2.43. The summed E-state index contributed by atoms with van der Waals surface area (Å²) in [5.74, 6) is 1.12. The van der Waals surface area contributed by atoms with Crippen molar-refractivity contribution in [3.8, 4) is 11.5 Å². The van der Waals surface area contributed by atoms with E-state index in [0.717, 1.165) is 10.9 Å². The van der Waals surface area contributed by atoms with Gasteiger partial charge in [0.25, 0.3) is 0 Å². The summed E-state index contributed by atoms with van der Waals surface area (Å²) in [6, 6.07) is 4.89. The van der Waals surface area contributed by atoms with E-state index in [1.165, 1.54) is 13.2 Å². The van der Waals surface area contributed by atoms with Crippen LogP contribution in [0, 0.1) is 0 Å². The first-order valence-electron chi connectivity index (χ1n) is 6.42. The van der Waals surface area contributed by atoms with Crippen LogP contribution in [0.5, 0.6) is 11.5 Å². The van der Waals surface area contributed by atoms with Crippen LogP contribution >= 0.6 is 0 Å². The molecule has 0 unspecified atom stereocenters. The molecule has 1 N–H and O–H groups in total. The van der Waals surface area contributed by atoms with Crippen molar-refractivity contribution in [2.24, 2.45) is 0 Å². The number of hydrogen-bond donors (Lipinski definition) is 1. The topological polar surface area (TPSA) is 68.9 Å². The quantitative estimate of drug-likeness (QED) is 0.848. The Kier molecular flexibility index (Phi) is 2.76. The van der Waals surface area contributed by atoms with Gasteiger partial charge in [-0.3, -0.25) is 0 Å².